The minimum absolute atomic E-state index is 0.538. The van der Waals surface area contributed by atoms with Crippen molar-refractivity contribution in [1.82, 2.24) is 0 Å². The van der Waals surface area contributed by atoms with Gasteiger partial charge in [-0.2, -0.15) is 0 Å². The Kier molecular flexibility index (Phi) is 2.82. The SMILES string of the molecule is NC(=NCc1cc(Br)cc2c1OCC2)C1CC1. The Balaban J connectivity index is 1.84. The van der Waals surface area contributed by atoms with Crippen molar-refractivity contribution in [2.45, 2.75) is 25.8 Å². The number of amidine groups is 1. The van der Waals surface area contributed by atoms with E-state index in [0.29, 0.717) is 12.5 Å². The first-order valence-corrected chi connectivity index (χ1v) is 6.77. The molecule has 2 aliphatic rings. The molecule has 0 bridgehead atoms. The van der Waals surface area contributed by atoms with Crippen LogP contribution in [0, 0.1) is 5.92 Å². The molecule has 0 saturated heterocycles. The van der Waals surface area contributed by atoms with E-state index in [1.165, 1.54) is 18.4 Å². The Labute approximate surface area is 109 Å². The van der Waals surface area contributed by atoms with E-state index in [0.717, 1.165) is 34.6 Å². The zero-order valence-corrected chi connectivity index (χ0v) is 11.2. The molecule has 3 nitrogen and oxygen atoms in total. The summed E-state index contributed by atoms with van der Waals surface area (Å²) in [5, 5.41) is 0. The van der Waals surface area contributed by atoms with Crippen molar-refractivity contribution >= 4 is 21.8 Å². The van der Waals surface area contributed by atoms with Crippen molar-refractivity contribution in [1.29, 1.82) is 0 Å². The fourth-order valence-corrected chi connectivity index (χ4v) is 2.70. The topological polar surface area (TPSA) is 47.6 Å². The normalized spacial score (nSPS) is 19.0. The van der Waals surface area contributed by atoms with Gasteiger partial charge in [-0.3, -0.25) is 4.99 Å². The largest absolute Gasteiger partial charge is 0.493 e. The lowest BCUT2D eigenvalue weighted by Gasteiger charge is -2.07. The van der Waals surface area contributed by atoms with Gasteiger partial charge in [0.25, 0.3) is 0 Å². The first kappa shape index (κ1) is 11.1. The average molecular weight is 295 g/mol. The molecule has 90 valence electrons. The van der Waals surface area contributed by atoms with Gasteiger partial charge in [0.2, 0.25) is 0 Å². The number of rotatable bonds is 3. The lowest BCUT2D eigenvalue weighted by atomic mass is 10.1. The molecule has 1 aliphatic carbocycles. The molecule has 0 atom stereocenters. The molecule has 0 aromatic heterocycles. The Morgan fingerprint density at radius 3 is 3.06 bits per heavy atom. The minimum atomic E-state index is 0.538. The standard InChI is InChI=1S/C13H15BrN2O/c14-11-5-9-3-4-17-12(9)10(6-11)7-16-13(15)8-1-2-8/h5-6,8H,1-4,7H2,(H2,15,16). The summed E-state index contributed by atoms with van der Waals surface area (Å²) in [6.45, 7) is 1.41. The summed E-state index contributed by atoms with van der Waals surface area (Å²) in [4.78, 5) is 4.47. The Morgan fingerprint density at radius 2 is 2.29 bits per heavy atom. The molecule has 3 rings (SSSR count). The predicted molar refractivity (Wildman–Crippen MR) is 71.4 cm³/mol. The maximum Gasteiger partial charge on any atom is 0.127 e. The Hall–Kier alpha value is -1.03. The number of ether oxygens (including phenoxy) is 1. The predicted octanol–water partition coefficient (Wildman–Crippen LogP) is 2.65. The maximum atomic E-state index is 5.91. The minimum Gasteiger partial charge on any atom is -0.493 e. The highest BCUT2D eigenvalue weighted by Gasteiger charge is 2.25. The number of hydrogen-bond acceptors (Lipinski definition) is 2. The summed E-state index contributed by atoms with van der Waals surface area (Å²) in [6.07, 6.45) is 3.38. The second-order valence-corrected chi connectivity index (χ2v) is 5.58. The van der Waals surface area contributed by atoms with Gasteiger partial charge >= 0.3 is 0 Å². The Morgan fingerprint density at radius 1 is 1.47 bits per heavy atom. The van der Waals surface area contributed by atoms with Crippen LogP contribution in [0.3, 0.4) is 0 Å². The number of nitrogens with zero attached hydrogens (tertiary/aromatic N) is 1. The number of nitrogens with two attached hydrogens (primary N) is 1. The lowest BCUT2D eigenvalue weighted by Crippen LogP contribution is -2.14. The number of fused-ring (bicyclic) bond motifs is 1. The van der Waals surface area contributed by atoms with Crippen molar-refractivity contribution in [2.24, 2.45) is 16.6 Å². The molecular formula is C13H15BrN2O. The second-order valence-electron chi connectivity index (χ2n) is 4.67. The smallest absolute Gasteiger partial charge is 0.127 e. The molecule has 1 aliphatic heterocycles. The van der Waals surface area contributed by atoms with E-state index in [-0.39, 0.29) is 0 Å². The van der Waals surface area contributed by atoms with Crippen LogP contribution in [0.4, 0.5) is 0 Å². The van der Waals surface area contributed by atoms with Crippen LogP contribution >= 0.6 is 15.9 Å². The van der Waals surface area contributed by atoms with Gasteiger partial charge in [0.05, 0.1) is 19.0 Å². The molecule has 0 amide bonds. The van der Waals surface area contributed by atoms with E-state index in [2.05, 4.69) is 33.1 Å². The van der Waals surface area contributed by atoms with Crippen LogP contribution in [-0.4, -0.2) is 12.4 Å². The van der Waals surface area contributed by atoms with Crippen LogP contribution in [0.1, 0.15) is 24.0 Å². The highest BCUT2D eigenvalue weighted by Crippen LogP contribution is 2.34. The van der Waals surface area contributed by atoms with Crippen molar-refractivity contribution in [3.8, 4) is 5.75 Å². The summed E-state index contributed by atoms with van der Waals surface area (Å²) in [5.41, 5.74) is 8.31. The molecule has 0 radical (unpaired) electrons. The summed E-state index contributed by atoms with van der Waals surface area (Å²) < 4.78 is 6.76. The van der Waals surface area contributed by atoms with Gasteiger partial charge in [0, 0.05) is 22.4 Å². The summed E-state index contributed by atoms with van der Waals surface area (Å²) in [6, 6.07) is 4.20. The van der Waals surface area contributed by atoms with Crippen molar-refractivity contribution in [3.63, 3.8) is 0 Å². The van der Waals surface area contributed by atoms with Crippen molar-refractivity contribution in [3.05, 3.63) is 27.7 Å². The van der Waals surface area contributed by atoms with Crippen LogP contribution in [0.15, 0.2) is 21.6 Å². The van der Waals surface area contributed by atoms with Gasteiger partial charge in [0.15, 0.2) is 0 Å². The third-order valence-corrected chi connectivity index (χ3v) is 3.71. The molecule has 1 aromatic carbocycles. The van der Waals surface area contributed by atoms with Crippen LogP contribution < -0.4 is 10.5 Å². The summed E-state index contributed by atoms with van der Waals surface area (Å²) >= 11 is 3.53. The maximum absolute atomic E-state index is 5.91. The zero-order valence-electron chi connectivity index (χ0n) is 9.58. The molecule has 1 aromatic rings. The highest BCUT2D eigenvalue weighted by molar-refractivity contribution is 9.10. The molecule has 1 saturated carbocycles. The van der Waals surface area contributed by atoms with Gasteiger partial charge in [0.1, 0.15) is 5.75 Å². The fraction of sp³-hybridized carbons (Fsp3) is 0.462. The van der Waals surface area contributed by atoms with Crippen LogP contribution in [0.25, 0.3) is 0 Å². The molecule has 0 spiro atoms. The first-order chi connectivity index (χ1) is 8.24. The molecule has 1 heterocycles. The molecule has 17 heavy (non-hydrogen) atoms. The molecule has 2 N–H and O–H groups in total. The van der Waals surface area contributed by atoms with E-state index >= 15 is 0 Å². The summed E-state index contributed by atoms with van der Waals surface area (Å²) in [7, 11) is 0. The average Bonchev–Trinajstić information content (AvgIpc) is 3.05. The third kappa shape index (κ3) is 2.32. The highest BCUT2D eigenvalue weighted by atomic mass is 79.9. The summed E-state index contributed by atoms with van der Waals surface area (Å²) in [5.74, 6) is 2.35. The third-order valence-electron chi connectivity index (χ3n) is 3.25. The molecule has 0 unspecified atom stereocenters. The van der Waals surface area contributed by atoms with E-state index in [1.807, 2.05) is 0 Å². The van der Waals surface area contributed by atoms with Crippen LogP contribution in [0.2, 0.25) is 0 Å². The van der Waals surface area contributed by atoms with Gasteiger partial charge in [-0.15, -0.1) is 0 Å². The monoisotopic (exact) mass is 294 g/mol. The number of halogens is 1. The van der Waals surface area contributed by atoms with Crippen LogP contribution in [-0.2, 0) is 13.0 Å². The van der Waals surface area contributed by atoms with Crippen LogP contribution in [0.5, 0.6) is 5.75 Å². The van der Waals surface area contributed by atoms with E-state index in [1.54, 1.807) is 0 Å². The number of hydrogen-bond donors (Lipinski definition) is 1. The van der Waals surface area contributed by atoms with E-state index in [4.69, 9.17) is 10.5 Å². The fourth-order valence-electron chi connectivity index (χ4n) is 2.15. The second kappa shape index (κ2) is 4.33. The number of benzene rings is 1. The molecule has 4 heteroatoms. The lowest BCUT2D eigenvalue weighted by molar-refractivity contribution is 0.353. The molecular weight excluding hydrogens is 280 g/mol. The zero-order chi connectivity index (χ0) is 11.8. The molecule has 1 fully saturated rings. The first-order valence-electron chi connectivity index (χ1n) is 5.98. The van der Waals surface area contributed by atoms with Gasteiger partial charge in [-0.1, -0.05) is 15.9 Å². The number of aliphatic imine (C=N–C) groups is 1. The van der Waals surface area contributed by atoms with Crippen molar-refractivity contribution < 1.29 is 4.74 Å². The Bertz CT molecular complexity index is 481. The van der Waals surface area contributed by atoms with Crippen molar-refractivity contribution in [2.75, 3.05) is 6.61 Å². The van der Waals surface area contributed by atoms with Gasteiger partial charge in [-0.25, -0.2) is 0 Å². The van der Waals surface area contributed by atoms with E-state index < -0.39 is 0 Å². The van der Waals surface area contributed by atoms with Gasteiger partial charge in [-0.05, 0) is 30.5 Å². The van der Waals surface area contributed by atoms with Gasteiger partial charge < -0.3 is 10.5 Å². The quantitative estimate of drug-likeness (QED) is 0.688. The van der Waals surface area contributed by atoms with E-state index in [9.17, 15) is 0 Å².